The van der Waals surface area contributed by atoms with Gasteiger partial charge in [0.15, 0.2) is 11.0 Å². The predicted octanol–water partition coefficient (Wildman–Crippen LogP) is 3.32. The first-order valence-electron chi connectivity index (χ1n) is 19.1. The number of benzene rings is 1. The summed E-state index contributed by atoms with van der Waals surface area (Å²) in [6.07, 6.45) is 6.68. The average molecular weight is 811 g/mol. The quantitative estimate of drug-likeness (QED) is 0.131. The van der Waals surface area contributed by atoms with Crippen molar-refractivity contribution >= 4 is 57.8 Å². The maximum atomic E-state index is 14.3. The first-order valence-corrected chi connectivity index (χ1v) is 20.0. The number of likely N-dealkylation sites (N-methyl/N-ethyl adjacent to an activating group) is 1. The second-order valence-corrected chi connectivity index (χ2v) is 16.3. The van der Waals surface area contributed by atoms with Crippen LogP contribution in [0.2, 0.25) is 0 Å². The van der Waals surface area contributed by atoms with E-state index in [0.717, 1.165) is 17.0 Å². The number of amides is 3. The molecule has 0 saturated carbocycles. The van der Waals surface area contributed by atoms with Gasteiger partial charge in [0.05, 0.1) is 31.5 Å². The lowest BCUT2D eigenvalue weighted by Gasteiger charge is -2.33. The Balaban J connectivity index is 1.22. The van der Waals surface area contributed by atoms with Gasteiger partial charge in [0.2, 0.25) is 11.8 Å². The summed E-state index contributed by atoms with van der Waals surface area (Å²) in [5, 5.41) is 23.2. The van der Waals surface area contributed by atoms with Crippen molar-refractivity contribution in [2.75, 3.05) is 64.1 Å². The van der Waals surface area contributed by atoms with Crippen molar-refractivity contribution in [3.8, 4) is 5.75 Å². The monoisotopic (exact) mass is 810 g/mol. The smallest absolute Gasteiger partial charge is 0.267 e. The maximum absolute atomic E-state index is 14.3. The molecule has 1 aliphatic heterocycles. The number of ether oxygens (including phenoxy) is 1. The number of piperidine rings is 1. The number of fused-ring (bicyclic) bond motifs is 1. The van der Waals surface area contributed by atoms with Crippen LogP contribution >= 0.6 is 11.3 Å². The van der Waals surface area contributed by atoms with Crippen LogP contribution in [0.3, 0.4) is 0 Å². The summed E-state index contributed by atoms with van der Waals surface area (Å²) in [7, 11) is 5.25. The summed E-state index contributed by atoms with van der Waals surface area (Å²) >= 11 is 1.36. The van der Waals surface area contributed by atoms with Crippen molar-refractivity contribution in [2.24, 2.45) is 5.92 Å². The molecule has 1 fully saturated rings. The second kappa shape index (κ2) is 18.5. The Labute approximate surface area is 340 Å². The van der Waals surface area contributed by atoms with Gasteiger partial charge in [-0.1, -0.05) is 32.9 Å². The minimum atomic E-state index is -0.365. The number of pyridine rings is 1. The van der Waals surface area contributed by atoms with Gasteiger partial charge in [0.25, 0.3) is 11.5 Å². The Morgan fingerprint density at radius 1 is 1.00 bits per heavy atom. The maximum Gasteiger partial charge on any atom is 0.267 e. The number of aromatic nitrogens is 7. The minimum absolute atomic E-state index is 0.0726. The van der Waals surface area contributed by atoms with Gasteiger partial charge in [0, 0.05) is 55.2 Å². The molecular formula is C40H50N12O5S. The fourth-order valence-electron chi connectivity index (χ4n) is 6.45. The zero-order valence-corrected chi connectivity index (χ0v) is 34.5. The van der Waals surface area contributed by atoms with E-state index in [9.17, 15) is 19.2 Å². The number of nitrogens with one attached hydrogen (secondary N) is 3. The van der Waals surface area contributed by atoms with Gasteiger partial charge < -0.3 is 25.2 Å². The van der Waals surface area contributed by atoms with E-state index >= 15 is 0 Å². The summed E-state index contributed by atoms with van der Waals surface area (Å²) < 4.78 is 8.33. The van der Waals surface area contributed by atoms with Gasteiger partial charge in [-0.2, -0.15) is 0 Å². The van der Waals surface area contributed by atoms with Crippen LogP contribution in [-0.4, -0.2) is 111 Å². The highest BCUT2D eigenvalue weighted by atomic mass is 32.1. The normalized spacial score (nSPS) is 13.7. The summed E-state index contributed by atoms with van der Waals surface area (Å²) in [5.74, 6) is 1.23. The van der Waals surface area contributed by atoms with Gasteiger partial charge in [-0.3, -0.25) is 28.9 Å². The number of carbonyl (C=O) groups excluding carboxylic acids is 3. The van der Waals surface area contributed by atoms with Crippen LogP contribution in [0.25, 0.3) is 17.8 Å². The van der Waals surface area contributed by atoms with Crippen LogP contribution in [0.15, 0.2) is 52.8 Å². The number of methoxy groups -OCH3 is 1. The third kappa shape index (κ3) is 10.7. The summed E-state index contributed by atoms with van der Waals surface area (Å²) in [6.45, 7) is 8.68. The van der Waals surface area contributed by atoms with Crippen molar-refractivity contribution in [3.05, 3.63) is 86.5 Å². The van der Waals surface area contributed by atoms with Gasteiger partial charge in [-0.05, 0) is 85.3 Å². The number of thiazole rings is 1. The van der Waals surface area contributed by atoms with Crippen LogP contribution < -0.4 is 31.1 Å². The number of carbonyl (C=O) groups is 3. The molecule has 0 aliphatic carbocycles. The lowest BCUT2D eigenvalue weighted by Crippen LogP contribution is -2.40. The molecule has 1 saturated heterocycles. The second-order valence-electron chi connectivity index (χ2n) is 15.5. The zero-order valence-electron chi connectivity index (χ0n) is 33.7. The van der Waals surface area contributed by atoms with Gasteiger partial charge in [-0.25, -0.2) is 14.6 Å². The molecule has 0 atom stereocenters. The standard InChI is InChI=1S/C40H50N12O5S/c1-40(2,3)31-25-58-39(43-31)45-37(55)28-15-20-51-33(22-28)44-36(50-18-13-26(14-19-50)21-34(53)41-16-17-42-35(54)24-49(4)5)30(38(51)56)11-12-32-46-47-48-52(32)23-27-7-9-29(57-6)10-8-27/h7-12,15,20,22,25-26H,13-14,16-19,21,23-24H2,1-6H3,(H,41,53)(H,42,54)(H,43,45,55). The first-order chi connectivity index (χ1) is 27.8. The van der Waals surface area contributed by atoms with Gasteiger partial charge in [0.1, 0.15) is 17.2 Å². The van der Waals surface area contributed by atoms with Crippen LogP contribution in [0.5, 0.6) is 5.75 Å². The number of hydrogen-bond acceptors (Lipinski definition) is 13. The highest BCUT2D eigenvalue weighted by Crippen LogP contribution is 2.29. The van der Waals surface area contributed by atoms with E-state index in [1.54, 1.807) is 47.2 Å². The molecular weight excluding hydrogens is 761 g/mol. The molecule has 58 heavy (non-hydrogen) atoms. The van der Waals surface area contributed by atoms with Gasteiger partial charge >= 0.3 is 0 Å². The lowest BCUT2D eigenvalue weighted by atomic mass is 9.93. The fourth-order valence-corrected chi connectivity index (χ4v) is 7.38. The van der Waals surface area contributed by atoms with Crippen LogP contribution in [0, 0.1) is 5.92 Å². The molecule has 0 unspecified atom stereocenters. The molecule has 6 rings (SSSR count). The van der Waals surface area contributed by atoms with Crippen molar-refractivity contribution < 1.29 is 19.1 Å². The predicted molar refractivity (Wildman–Crippen MR) is 223 cm³/mol. The molecule has 0 bridgehead atoms. The molecule has 3 N–H and O–H groups in total. The molecule has 0 spiro atoms. The van der Waals surface area contributed by atoms with E-state index < -0.39 is 0 Å². The number of anilines is 2. The van der Waals surface area contributed by atoms with Crippen LogP contribution in [-0.2, 0) is 21.5 Å². The van der Waals surface area contributed by atoms with Crippen molar-refractivity contribution in [1.29, 1.82) is 0 Å². The molecule has 3 amide bonds. The summed E-state index contributed by atoms with van der Waals surface area (Å²) in [5.41, 5.74) is 2.32. The molecule has 5 aromatic rings. The Morgan fingerprint density at radius 2 is 1.72 bits per heavy atom. The van der Waals surface area contributed by atoms with Crippen molar-refractivity contribution in [1.82, 2.24) is 50.1 Å². The van der Waals surface area contributed by atoms with Crippen LogP contribution in [0.4, 0.5) is 10.9 Å². The Morgan fingerprint density at radius 3 is 2.40 bits per heavy atom. The Bertz CT molecular complexity index is 2320. The van der Waals surface area contributed by atoms with E-state index in [4.69, 9.17) is 9.72 Å². The molecule has 17 nitrogen and oxygen atoms in total. The number of hydrogen-bond donors (Lipinski definition) is 3. The number of nitrogens with zero attached hydrogens (tertiary/aromatic N) is 9. The molecule has 1 aliphatic rings. The van der Waals surface area contributed by atoms with Crippen LogP contribution in [0.1, 0.15) is 73.0 Å². The van der Waals surface area contributed by atoms with E-state index in [2.05, 4.69) is 57.2 Å². The largest absolute Gasteiger partial charge is 0.497 e. The van der Waals surface area contributed by atoms with E-state index in [1.807, 2.05) is 48.6 Å². The zero-order chi connectivity index (χ0) is 41.4. The Kier molecular flexibility index (Phi) is 13.3. The molecule has 0 radical (unpaired) electrons. The molecule has 4 aromatic heterocycles. The Hall–Kier alpha value is -6.01. The number of rotatable bonds is 15. The fraction of sp³-hybridized carbons (Fsp3) is 0.425. The molecule has 1 aromatic carbocycles. The third-order valence-electron chi connectivity index (χ3n) is 9.67. The third-order valence-corrected chi connectivity index (χ3v) is 10.4. The number of tetrazole rings is 1. The SMILES string of the molecule is COc1ccc(Cn2nnnc2C=Cc2c(N3CCC(CC(=O)NCCNC(=O)CN(C)C)CC3)nc3cc(C(=O)Nc4nc(C(C)(C)C)cs4)ccn3c2=O)cc1. The summed E-state index contributed by atoms with van der Waals surface area (Å²) in [6, 6.07) is 10.8. The minimum Gasteiger partial charge on any atom is -0.497 e. The lowest BCUT2D eigenvalue weighted by molar-refractivity contribution is -0.123. The van der Waals surface area contributed by atoms with E-state index in [0.29, 0.717) is 85.5 Å². The van der Waals surface area contributed by atoms with E-state index in [-0.39, 0.29) is 41.2 Å². The van der Waals surface area contributed by atoms with Crippen molar-refractivity contribution in [2.45, 2.75) is 52.0 Å². The molecule has 306 valence electrons. The highest BCUT2D eigenvalue weighted by Gasteiger charge is 2.26. The van der Waals surface area contributed by atoms with E-state index in [1.165, 1.54) is 15.7 Å². The molecule has 5 heterocycles. The average Bonchev–Trinajstić information content (AvgIpc) is 3.86. The molecule has 18 heteroatoms. The van der Waals surface area contributed by atoms with Gasteiger partial charge in [-0.15, -0.1) is 16.4 Å². The highest BCUT2D eigenvalue weighted by molar-refractivity contribution is 7.14. The first kappa shape index (κ1) is 41.6. The van der Waals surface area contributed by atoms with Crippen molar-refractivity contribution in [3.63, 3.8) is 0 Å². The summed E-state index contributed by atoms with van der Waals surface area (Å²) in [4.78, 5) is 65.7. The topological polar surface area (TPSA) is 194 Å².